The summed E-state index contributed by atoms with van der Waals surface area (Å²) >= 11 is 0. The molecule has 1 heterocycles. The molecule has 1 saturated heterocycles. The predicted octanol–water partition coefficient (Wildman–Crippen LogP) is 1.55. The second-order valence-electron chi connectivity index (χ2n) is 4.80. The summed E-state index contributed by atoms with van der Waals surface area (Å²) in [4.78, 5) is 0. The number of nitrogens with zero attached hydrogens (tertiary/aromatic N) is 1. The molecule has 1 atom stereocenters. The van der Waals surface area contributed by atoms with Gasteiger partial charge >= 0.3 is 0 Å². The summed E-state index contributed by atoms with van der Waals surface area (Å²) in [5, 5.41) is 2.34. The summed E-state index contributed by atoms with van der Waals surface area (Å²) in [6.07, 6.45) is 4.98. The lowest BCUT2D eigenvalue weighted by Gasteiger charge is -2.31. The van der Waals surface area contributed by atoms with Gasteiger partial charge in [-0.2, -0.15) is 0 Å². The standard InChI is InChI=1S/C14H23N3/c15-12-14(11-13-7-3-1-4-8-13)16-17-9-5-2-6-10-17/h1,3-4,7-8,14,16H,2,5-6,9-12,15H2. The molecule has 3 N–H and O–H groups in total. The largest absolute Gasteiger partial charge is 0.329 e. The van der Waals surface area contributed by atoms with E-state index in [0.717, 1.165) is 19.5 Å². The lowest BCUT2D eigenvalue weighted by Crippen LogP contribution is -2.50. The number of piperidine rings is 1. The third-order valence-corrected chi connectivity index (χ3v) is 3.33. The van der Waals surface area contributed by atoms with Crippen LogP contribution in [0.15, 0.2) is 30.3 Å². The minimum absolute atomic E-state index is 0.357. The highest BCUT2D eigenvalue weighted by atomic mass is 15.5. The van der Waals surface area contributed by atoms with Gasteiger partial charge in [0.15, 0.2) is 0 Å². The van der Waals surface area contributed by atoms with E-state index in [1.54, 1.807) is 0 Å². The van der Waals surface area contributed by atoms with Crippen molar-refractivity contribution in [3.05, 3.63) is 35.9 Å². The monoisotopic (exact) mass is 233 g/mol. The topological polar surface area (TPSA) is 41.3 Å². The Morgan fingerprint density at radius 3 is 2.47 bits per heavy atom. The van der Waals surface area contributed by atoms with Gasteiger partial charge in [0.2, 0.25) is 0 Å². The predicted molar refractivity (Wildman–Crippen MR) is 71.5 cm³/mol. The van der Waals surface area contributed by atoms with Crippen LogP contribution in [0.1, 0.15) is 24.8 Å². The Balaban J connectivity index is 1.83. The minimum atomic E-state index is 0.357. The van der Waals surface area contributed by atoms with Gasteiger partial charge < -0.3 is 5.73 Å². The molecule has 0 bridgehead atoms. The van der Waals surface area contributed by atoms with Gasteiger partial charge in [0, 0.05) is 25.7 Å². The molecule has 3 nitrogen and oxygen atoms in total. The fourth-order valence-corrected chi connectivity index (χ4v) is 2.36. The first kappa shape index (κ1) is 12.6. The Hall–Kier alpha value is -0.900. The highest BCUT2D eigenvalue weighted by molar-refractivity contribution is 5.15. The van der Waals surface area contributed by atoms with Gasteiger partial charge in [-0.15, -0.1) is 0 Å². The van der Waals surface area contributed by atoms with E-state index in [0.29, 0.717) is 12.6 Å². The molecule has 0 saturated carbocycles. The van der Waals surface area contributed by atoms with Crippen LogP contribution < -0.4 is 11.2 Å². The molecule has 0 aliphatic carbocycles. The van der Waals surface area contributed by atoms with Crippen molar-refractivity contribution >= 4 is 0 Å². The lowest BCUT2D eigenvalue weighted by molar-refractivity contribution is 0.130. The van der Waals surface area contributed by atoms with Gasteiger partial charge in [0.25, 0.3) is 0 Å². The number of hydrazine groups is 1. The van der Waals surface area contributed by atoms with Crippen molar-refractivity contribution in [1.29, 1.82) is 0 Å². The van der Waals surface area contributed by atoms with Crippen LogP contribution in [0.4, 0.5) is 0 Å². The highest BCUT2D eigenvalue weighted by Gasteiger charge is 2.14. The van der Waals surface area contributed by atoms with Crippen molar-refractivity contribution in [2.75, 3.05) is 19.6 Å². The maximum atomic E-state index is 5.85. The van der Waals surface area contributed by atoms with Crippen molar-refractivity contribution in [2.24, 2.45) is 5.73 Å². The van der Waals surface area contributed by atoms with Crippen molar-refractivity contribution in [3.63, 3.8) is 0 Å². The van der Waals surface area contributed by atoms with Crippen LogP contribution in [0.2, 0.25) is 0 Å². The van der Waals surface area contributed by atoms with E-state index >= 15 is 0 Å². The fraction of sp³-hybridized carbons (Fsp3) is 0.571. The molecule has 1 aliphatic heterocycles. The molecule has 1 fully saturated rings. The number of nitrogens with two attached hydrogens (primary N) is 1. The number of benzene rings is 1. The normalized spacial score (nSPS) is 19.1. The van der Waals surface area contributed by atoms with Crippen LogP contribution in [0.5, 0.6) is 0 Å². The molecule has 3 heteroatoms. The van der Waals surface area contributed by atoms with E-state index in [9.17, 15) is 0 Å². The molecule has 94 valence electrons. The highest BCUT2D eigenvalue weighted by Crippen LogP contribution is 2.08. The van der Waals surface area contributed by atoms with E-state index in [-0.39, 0.29) is 0 Å². The first-order chi connectivity index (χ1) is 8.38. The summed E-state index contributed by atoms with van der Waals surface area (Å²) in [7, 11) is 0. The Kier molecular flexibility index (Phi) is 4.98. The summed E-state index contributed by atoms with van der Waals surface area (Å²) < 4.78 is 0. The molecule has 0 radical (unpaired) electrons. The van der Waals surface area contributed by atoms with Crippen molar-refractivity contribution in [1.82, 2.24) is 10.4 Å². The zero-order valence-electron chi connectivity index (χ0n) is 10.4. The smallest absolute Gasteiger partial charge is 0.0378 e. The molecule has 1 unspecified atom stereocenters. The van der Waals surface area contributed by atoms with Gasteiger partial charge in [0.05, 0.1) is 0 Å². The molecule has 0 spiro atoms. The quantitative estimate of drug-likeness (QED) is 0.810. The minimum Gasteiger partial charge on any atom is -0.329 e. The molecular weight excluding hydrogens is 210 g/mol. The second kappa shape index (κ2) is 6.74. The first-order valence-electron chi connectivity index (χ1n) is 6.63. The van der Waals surface area contributed by atoms with Crippen LogP contribution in [-0.2, 0) is 6.42 Å². The fourth-order valence-electron chi connectivity index (χ4n) is 2.36. The number of hydrogen-bond donors (Lipinski definition) is 2. The van der Waals surface area contributed by atoms with Crippen LogP contribution >= 0.6 is 0 Å². The Labute approximate surface area is 104 Å². The van der Waals surface area contributed by atoms with Crippen molar-refractivity contribution in [2.45, 2.75) is 31.7 Å². The van der Waals surface area contributed by atoms with Crippen LogP contribution in [0.3, 0.4) is 0 Å². The third-order valence-electron chi connectivity index (χ3n) is 3.33. The van der Waals surface area contributed by atoms with Crippen molar-refractivity contribution in [3.8, 4) is 0 Å². The average Bonchev–Trinajstić information content (AvgIpc) is 2.40. The summed E-state index contributed by atoms with van der Waals surface area (Å²) in [6, 6.07) is 10.9. The Morgan fingerprint density at radius 1 is 1.12 bits per heavy atom. The molecule has 1 aromatic rings. The summed E-state index contributed by atoms with van der Waals surface area (Å²) in [6.45, 7) is 3.00. The van der Waals surface area contributed by atoms with Crippen molar-refractivity contribution < 1.29 is 0 Å². The number of hydrogen-bond acceptors (Lipinski definition) is 3. The Bertz CT molecular complexity index is 307. The van der Waals surface area contributed by atoms with Crippen LogP contribution in [0, 0.1) is 0 Å². The van der Waals surface area contributed by atoms with Gasteiger partial charge in [-0.3, -0.25) is 5.43 Å². The summed E-state index contributed by atoms with van der Waals surface area (Å²) in [5.41, 5.74) is 10.8. The Morgan fingerprint density at radius 2 is 1.82 bits per heavy atom. The number of nitrogens with one attached hydrogen (secondary N) is 1. The van der Waals surface area contributed by atoms with E-state index in [1.165, 1.54) is 24.8 Å². The zero-order chi connectivity index (χ0) is 11.9. The van der Waals surface area contributed by atoms with Gasteiger partial charge in [-0.25, -0.2) is 5.01 Å². The molecule has 0 aromatic heterocycles. The van der Waals surface area contributed by atoms with E-state index in [2.05, 4.69) is 40.8 Å². The van der Waals surface area contributed by atoms with Gasteiger partial charge in [-0.1, -0.05) is 36.8 Å². The second-order valence-corrected chi connectivity index (χ2v) is 4.80. The summed E-state index contributed by atoms with van der Waals surface area (Å²) in [5.74, 6) is 0. The van der Waals surface area contributed by atoms with Crippen LogP contribution in [0.25, 0.3) is 0 Å². The van der Waals surface area contributed by atoms with E-state index in [4.69, 9.17) is 5.73 Å². The molecular formula is C14H23N3. The van der Waals surface area contributed by atoms with E-state index in [1.807, 2.05) is 0 Å². The molecule has 2 rings (SSSR count). The lowest BCUT2D eigenvalue weighted by atomic mass is 10.1. The molecule has 1 aromatic carbocycles. The van der Waals surface area contributed by atoms with Gasteiger partial charge in [-0.05, 0) is 24.8 Å². The number of rotatable bonds is 5. The molecule has 1 aliphatic rings. The SMILES string of the molecule is NCC(Cc1ccccc1)NN1CCCCC1. The van der Waals surface area contributed by atoms with Crippen LogP contribution in [-0.4, -0.2) is 30.7 Å². The third kappa shape index (κ3) is 4.11. The average molecular weight is 233 g/mol. The van der Waals surface area contributed by atoms with Gasteiger partial charge in [0.1, 0.15) is 0 Å². The first-order valence-corrected chi connectivity index (χ1v) is 6.63. The maximum absolute atomic E-state index is 5.85. The zero-order valence-corrected chi connectivity index (χ0v) is 10.4. The molecule has 17 heavy (non-hydrogen) atoms. The van der Waals surface area contributed by atoms with E-state index < -0.39 is 0 Å². The maximum Gasteiger partial charge on any atom is 0.0378 e. The molecule has 0 amide bonds.